The second-order valence-corrected chi connectivity index (χ2v) is 10.2. The third-order valence-corrected chi connectivity index (χ3v) is 8.14. The van der Waals surface area contributed by atoms with Crippen molar-refractivity contribution in [3.63, 3.8) is 0 Å². The van der Waals surface area contributed by atoms with E-state index in [4.69, 9.17) is 9.47 Å². The molecule has 2 saturated heterocycles. The van der Waals surface area contributed by atoms with E-state index in [1.165, 1.54) is 4.31 Å². The first-order valence-corrected chi connectivity index (χ1v) is 12.6. The van der Waals surface area contributed by atoms with Crippen LogP contribution in [0.5, 0.6) is 11.5 Å². The minimum Gasteiger partial charge on any atom is -0.493 e. The smallest absolute Gasteiger partial charge is 0.281 e. The number of nitrogens with one attached hydrogen (secondary N) is 1. The molecule has 1 N–H and O–H groups in total. The van der Waals surface area contributed by atoms with Gasteiger partial charge in [-0.05, 0) is 49.8 Å². The van der Waals surface area contributed by atoms with Gasteiger partial charge < -0.3 is 14.8 Å². The van der Waals surface area contributed by atoms with Gasteiger partial charge in [-0.25, -0.2) is 0 Å². The molecule has 31 heavy (non-hydrogen) atoms. The van der Waals surface area contributed by atoms with E-state index in [9.17, 15) is 13.2 Å². The monoisotopic (exact) mass is 453 g/mol. The van der Waals surface area contributed by atoms with Crippen molar-refractivity contribution in [2.45, 2.75) is 44.9 Å². The Bertz CT molecular complexity index is 838. The predicted octanol–water partition coefficient (Wildman–Crippen LogP) is 2.20. The van der Waals surface area contributed by atoms with E-state index in [-0.39, 0.29) is 18.4 Å². The summed E-state index contributed by atoms with van der Waals surface area (Å²) in [6, 6.07) is 5.70. The van der Waals surface area contributed by atoms with Gasteiger partial charge in [-0.1, -0.05) is 18.9 Å². The highest BCUT2D eigenvalue weighted by Crippen LogP contribution is 2.28. The molecule has 3 rings (SSSR count). The summed E-state index contributed by atoms with van der Waals surface area (Å²) in [6.45, 7) is 2.42. The van der Waals surface area contributed by atoms with Gasteiger partial charge in [0.05, 0.1) is 20.1 Å². The quantitative estimate of drug-likeness (QED) is 0.652. The molecular weight excluding hydrogens is 418 g/mol. The van der Waals surface area contributed by atoms with Crippen LogP contribution in [-0.2, 0) is 21.4 Å². The summed E-state index contributed by atoms with van der Waals surface area (Å²) in [5.74, 6) is 0.952. The van der Waals surface area contributed by atoms with Crippen molar-refractivity contribution in [1.82, 2.24) is 13.9 Å². The van der Waals surface area contributed by atoms with Crippen molar-refractivity contribution in [1.29, 1.82) is 0 Å². The number of carbonyl (C=O) groups is 1. The van der Waals surface area contributed by atoms with Crippen LogP contribution in [0.4, 0.5) is 0 Å². The average Bonchev–Trinajstić information content (AvgIpc) is 3.09. The number of hydrogen-bond acceptors (Lipinski definition) is 5. The molecule has 0 radical (unpaired) electrons. The van der Waals surface area contributed by atoms with E-state index in [0.717, 1.165) is 31.2 Å². The predicted molar refractivity (Wildman–Crippen MR) is 120 cm³/mol. The van der Waals surface area contributed by atoms with Crippen LogP contribution >= 0.6 is 0 Å². The third-order valence-electron chi connectivity index (χ3n) is 6.13. The lowest BCUT2D eigenvalue weighted by Crippen LogP contribution is -2.50. The number of carbonyl (C=O) groups excluding carboxylic acids is 1. The number of hydrogen-bond donors (Lipinski definition) is 1. The van der Waals surface area contributed by atoms with E-state index in [0.29, 0.717) is 56.9 Å². The van der Waals surface area contributed by atoms with Crippen molar-refractivity contribution < 1.29 is 22.7 Å². The van der Waals surface area contributed by atoms with Crippen LogP contribution < -0.4 is 14.8 Å². The molecule has 0 spiro atoms. The first kappa shape index (κ1) is 23.8. The highest BCUT2D eigenvalue weighted by atomic mass is 32.2. The SMILES string of the molecule is COc1ccc(CCNC(=O)[C@@H]2CCCN(S(=O)(=O)N3CCCCCC3)C2)cc1OC. The van der Waals surface area contributed by atoms with E-state index in [1.54, 1.807) is 18.5 Å². The van der Waals surface area contributed by atoms with E-state index < -0.39 is 10.2 Å². The Labute approximate surface area is 186 Å². The summed E-state index contributed by atoms with van der Waals surface area (Å²) < 4.78 is 39.8. The topological polar surface area (TPSA) is 88.2 Å². The van der Waals surface area contributed by atoms with Crippen molar-refractivity contribution in [3.05, 3.63) is 23.8 Å². The summed E-state index contributed by atoms with van der Waals surface area (Å²) in [6.07, 6.45) is 6.07. The van der Waals surface area contributed by atoms with Crippen LogP contribution in [0, 0.1) is 5.92 Å². The molecule has 2 aliphatic heterocycles. The van der Waals surface area contributed by atoms with Crippen molar-refractivity contribution in [2.75, 3.05) is 46.9 Å². The number of benzene rings is 1. The van der Waals surface area contributed by atoms with Crippen LogP contribution in [0.15, 0.2) is 18.2 Å². The Balaban J connectivity index is 1.52. The Morgan fingerprint density at radius 3 is 2.35 bits per heavy atom. The lowest BCUT2D eigenvalue weighted by molar-refractivity contribution is -0.126. The molecule has 0 bridgehead atoms. The van der Waals surface area contributed by atoms with Gasteiger partial charge >= 0.3 is 0 Å². The zero-order chi connectivity index (χ0) is 22.3. The summed E-state index contributed by atoms with van der Waals surface area (Å²) >= 11 is 0. The number of methoxy groups -OCH3 is 2. The highest BCUT2D eigenvalue weighted by molar-refractivity contribution is 7.86. The fourth-order valence-corrected chi connectivity index (χ4v) is 6.09. The van der Waals surface area contributed by atoms with Gasteiger partial charge in [0.15, 0.2) is 11.5 Å². The molecule has 8 nitrogen and oxygen atoms in total. The maximum atomic E-state index is 13.1. The largest absolute Gasteiger partial charge is 0.493 e. The van der Waals surface area contributed by atoms with E-state index in [1.807, 2.05) is 18.2 Å². The molecule has 2 heterocycles. The molecule has 1 aromatic rings. The van der Waals surface area contributed by atoms with Crippen molar-refractivity contribution in [3.8, 4) is 11.5 Å². The average molecular weight is 454 g/mol. The van der Waals surface area contributed by atoms with Crippen LogP contribution in [0.25, 0.3) is 0 Å². The molecular formula is C22H35N3O5S. The minimum absolute atomic E-state index is 0.0729. The van der Waals surface area contributed by atoms with E-state index >= 15 is 0 Å². The standard InChI is InChI=1S/C22H35N3O5S/c1-29-20-10-9-18(16-21(20)30-2)11-12-23-22(26)19-8-7-15-25(17-19)31(27,28)24-13-5-3-4-6-14-24/h9-10,16,19H,3-8,11-15,17H2,1-2H3,(H,23,26)/t19-/m1/s1. The number of piperidine rings is 1. The molecule has 0 unspecified atom stereocenters. The summed E-state index contributed by atoms with van der Waals surface area (Å²) in [5, 5.41) is 2.98. The maximum Gasteiger partial charge on any atom is 0.281 e. The lowest BCUT2D eigenvalue weighted by Gasteiger charge is -2.34. The second-order valence-electron chi connectivity index (χ2n) is 8.25. The maximum absolute atomic E-state index is 13.1. The van der Waals surface area contributed by atoms with Crippen molar-refractivity contribution in [2.24, 2.45) is 5.92 Å². The zero-order valence-electron chi connectivity index (χ0n) is 18.6. The van der Waals surface area contributed by atoms with Crippen molar-refractivity contribution >= 4 is 16.1 Å². The fourth-order valence-electron chi connectivity index (χ4n) is 4.31. The van der Waals surface area contributed by atoms with Gasteiger partial charge in [0.2, 0.25) is 5.91 Å². The number of amides is 1. The molecule has 1 atom stereocenters. The minimum atomic E-state index is -3.49. The first-order valence-electron chi connectivity index (χ1n) is 11.2. The van der Waals surface area contributed by atoms with Crippen LogP contribution in [0.2, 0.25) is 0 Å². The van der Waals surface area contributed by atoms with Gasteiger partial charge in [-0.3, -0.25) is 4.79 Å². The van der Waals surface area contributed by atoms with Gasteiger partial charge in [-0.15, -0.1) is 0 Å². The Morgan fingerprint density at radius 1 is 1.00 bits per heavy atom. The zero-order valence-corrected chi connectivity index (χ0v) is 19.5. The molecule has 1 aromatic carbocycles. The second kappa shape index (κ2) is 11.2. The van der Waals surface area contributed by atoms with Gasteiger partial charge in [0.1, 0.15) is 0 Å². The third kappa shape index (κ3) is 6.11. The summed E-state index contributed by atoms with van der Waals surface area (Å²) in [4.78, 5) is 12.7. The molecule has 2 aliphatic rings. The van der Waals surface area contributed by atoms with Crippen LogP contribution in [0.3, 0.4) is 0 Å². The summed E-state index contributed by atoms with van der Waals surface area (Å²) in [7, 11) is -0.301. The van der Waals surface area contributed by atoms with Gasteiger partial charge in [-0.2, -0.15) is 17.0 Å². The summed E-state index contributed by atoms with van der Waals surface area (Å²) in [5.41, 5.74) is 1.03. The molecule has 1 amide bonds. The van der Waals surface area contributed by atoms with E-state index in [2.05, 4.69) is 5.32 Å². The Morgan fingerprint density at radius 2 is 1.68 bits per heavy atom. The van der Waals surface area contributed by atoms with Crippen LogP contribution in [0.1, 0.15) is 44.1 Å². The number of ether oxygens (including phenoxy) is 2. The number of rotatable bonds is 8. The normalized spacial score (nSPS) is 21.3. The van der Waals surface area contributed by atoms with Crippen LogP contribution in [-0.4, -0.2) is 69.9 Å². The molecule has 0 saturated carbocycles. The highest BCUT2D eigenvalue weighted by Gasteiger charge is 2.35. The Kier molecular flexibility index (Phi) is 8.57. The molecule has 0 aromatic heterocycles. The fraction of sp³-hybridized carbons (Fsp3) is 0.682. The number of nitrogens with zero attached hydrogens (tertiary/aromatic N) is 2. The molecule has 2 fully saturated rings. The molecule has 0 aliphatic carbocycles. The molecule has 174 valence electrons. The van der Waals surface area contributed by atoms with Gasteiger partial charge in [0.25, 0.3) is 10.2 Å². The van der Waals surface area contributed by atoms with Gasteiger partial charge in [0, 0.05) is 32.7 Å². The first-order chi connectivity index (χ1) is 15.0. The lowest BCUT2D eigenvalue weighted by atomic mass is 9.99. The Hall–Kier alpha value is -1.84. The molecule has 9 heteroatoms.